The Morgan fingerprint density at radius 2 is 1.77 bits per heavy atom. The van der Waals surface area contributed by atoms with Crippen molar-refractivity contribution < 1.29 is 22.7 Å². The lowest BCUT2D eigenvalue weighted by Gasteiger charge is -2.23. The van der Waals surface area contributed by atoms with Gasteiger partial charge in [0.05, 0.1) is 30.4 Å². The molecule has 1 saturated carbocycles. The van der Waals surface area contributed by atoms with Crippen LogP contribution in [0.25, 0.3) is 0 Å². The third-order valence-corrected chi connectivity index (χ3v) is 6.43. The lowest BCUT2D eigenvalue weighted by Crippen LogP contribution is -2.25. The monoisotopic (exact) mass is 546 g/mol. The Bertz CT molecular complexity index is 1460. The van der Waals surface area contributed by atoms with Crippen molar-refractivity contribution in [1.82, 2.24) is 5.32 Å². The van der Waals surface area contributed by atoms with E-state index in [9.17, 15) is 18.0 Å². The van der Waals surface area contributed by atoms with Crippen molar-refractivity contribution in [3.05, 3.63) is 113 Å². The zero-order valence-electron chi connectivity index (χ0n) is 21.9. The molecule has 9 heteroatoms. The first kappa shape index (κ1) is 28.5. The van der Waals surface area contributed by atoms with Crippen LogP contribution in [-0.4, -0.2) is 25.7 Å². The number of methoxy groups -OCH3 is 1. The van der Waals surface area contributed by atoms with E-state index in [0.717, 1.165) is 17.7 Å². The van der Waals surface area contributed by atoms with Gasteiger partial charge in [0.1, 0.15) is 11.4 Å². The molecule has 4 rings (SSSR count). The number of nitriles is 1. The fourth-order valence-corrected chi connectivity index (χ4v) is 4.15. The highest BCUT2D eigenvalue weighted by Crippen LogP contribution is 2.34. The van der Waals surface area contributed by atoms with Gasteiger partial charge in [0.25, 0.3) is 5.91 Å². The molecule has 1 aliphatic carbocycles. The van der Waals surface area contributed by atoms with Gasteiger partial charge in [-0.05, 0) is 73.3 Å². The average molecular weight is 547 g/mol. The van der Waals surface area contributed by atoms with E-state index < -0.39 is 17.7 Å². The fraction of sp³-hybridized carbons (Fsp3) is 0.226. The lowest BCUT2D eigenvalue weighted by atomic mass is 9.97. The molecule has 6 nitrogen and oxygen atoms in total. The highest BCUT2D eigenvalue weighted by Gasteiger charge is 2.31. The number of alkyl halides is 3. The van der Waals surface area contributed by atoms with Crippen LogP contribution in [-0.2, 0) is 4.79 Å². The van der Waals surface area contributed by atoms with Crippen molar-refractivity contribution in [1.29, 1.82) is 5.26 Å². The van der Waals surface area contributed by atoms with Gasteiger partial charge in [-0.3, -0.25) is 4.79 Å². The van der Waals surface area contributed by atoms with Crippen molar-refractivity contribution in [2.75, 3.05) is 24.3 Å². The third-order valence-electron chi connectivity index (χ3n) is 6.43. The van der Waals surface area contributed by atoms with Gasteiger partial charge in [0.2, 0.25) is 0 Å². The number of nitrogens with one attached hydrogen (secondary N) is 3. The SMILES string of the molecule is C=C(/C=C(\Nc1cccc(C#N)c1)C(=O)Nc1cccc(C(NCC2CC2)c2ccccc2OC)c1)C(F)(F)F. The molecule has 3 aromatic rings. The molecule has 40 heavy (non-hydrogen) atoms. The number of halogens is 3. The van der Waals surface area contributed by atoms with Gasteiger partial charge in [-0.25, -0.2) is 0 Å². The van der Waals surface area contributed by atoms with E-state index in [1.54, 1.807) is 43.5 Å². The predicted octanol–water partition coefficient (Wildman–Crippen LogP) is 6.71. The van der Waals surface area contributed by atoms with E-state index in [1.165, 1.54) is 18.9 Å². The zero-order valence-corrected chi connectivity index (χ0v) is 21.9. The number of benzene rings is 3. The maximum absolute atomic E-state index is 13.3. The normalized spacial score (nSPS) is 14.1. The average Bonchev–Trinajstić information content (AvgIpc) is 3.77. The first-order chi connectivity index (χ1) is 19.2. The van der Waals surface area contributed by atoms with Crippen LogP contribution < -0.4 is 20.7 Å². The maximum Gasteiger partial charge on any atom is 0.415 e. The van der Waals surface area contributed by atoms with E-state index >= 15 is 0 Å². The molecule has 1 atom stereocenters. The molecule has 0 spiro atoms. The Morgan fingerprint density at radius 3 is 2.45 bits per heavy atom. The number of amides is 1. The number of nitrogens with zero attached hydrogens (tertiary/aromatic N) is 1. The molecular formula is C31H29F3N4O2. The topological polar surface area (TPSA) is 86.2 Å². The standard InChI is InChI=1S/C31H29F3N4O2/c1-20(31(32,33)34)15-27(37-24-9-5-7-22(16-24)18-35)30(39)38-25-10-6-8-23(17-25)29(36-19-21-13-14-21)26-11-3-4-12-28(26)40-2/h3-12,15-17,21,29,36-37H,1,13-14,19H2,2H3,(H,38,39)/b27-15-. The molecule has 1 aliphatic rings. The van der Waals surface area contributed by atoms with Crippen molar-refractivity contribution >= 4 is 17.3 Å². The van der Waals surface area contributed by atoms with Crippen molar-refractivity contribution in [3.8, 4) is 11.8 Å². The van der Waals surface area contributed by atoms with Crippen LogP contribution in [0.1, 0.15) is 35.6 Å². The van der Waals surface area contributed by atoms with Gasteiger partial charge >= 0.3 is 6.18 Å². The lowest BCUT2D eigenvalue weighted by molar-refractivity contribution is -0.112. The molecule has 0 aromatic heterocycles. The second kappa shape index (κ2) is 12.5. The largest absolute Gasteiger partial charge is 0.496 e. The number of carbonyl (C=O) groups excluding carboxylic acids is 1. The Labute approximate surface area is 231 Å². The summed E-state index contributed by atoms with van der Waals surface area (Å²) in [6.45, 7) is 3.88. The number of ether oxygens (including phenoxy) is 1. The molecule has 3 aromatic carbocycles. The summed E-state index contributed by atoms with van der Waals surface area (Å²) < 4.78 is 45.5. The van der Waals surface area contributed by atoms with Crippen molar-refractivity contribution in [2.45, 2.75) is 25.1 Å². The van der Waals surface area contributed by atoms with E-state index in [2.05, 4.69) is 22.5 Å². The minimum atomic E-state index is -4.73. The number of allylic oxidation sites excluding steroid dienone is 2. The van der Waals surface area contributed by atoms with Crippen LogP contribution in [0.4, 0.5) is 24.5 Å². The summed E-state index contributed by atoms with van der Waals surface area (Å²) in [5.74, 6) is 0.523. The van der Waals surface area contributed by atoms with Crippen molar-refractivity contribution in [2.24, 2.45) is 5.92 Å². The van der Waals surface area contributed by atoms with Gasteiger partial charge in [-0.1, -0.05) is 43.0 Å². The molecule has 0 aliphatic heterocycles. The summed E-state index contributed by atoms with van der Waals surface area (Å²) in [5.41, 5.74) is 1.16. The molecule has 1 fully saturated rings. The first-order valence-electron chi connectivity index (χ1n) is 12.7. The molecule has 1 unspecified atom stereocenters. The van der Waals surface area contributed by atoms with Gasteiger partial charge < -0.3 is 20.7 Å². The zero-order chi connectivity index (χ0) is 28.7. The highest BCUT2D eigenvalue weighted by atomic mass is 19.4. The van der Waals surface area contributed by atoms with Gasteiger partial charge in [0, 0.05) is 16.9 Å². The Hall–Kier alpha value is -4.55. The predicted molar refractivity (Wildman–Crippen MR) is 149 cm³/mol. The van der Waals surface area contributed by atoms with E-state index in [0.29, 0.717) is 23.4 Å². The summed E-state index contributed by atoms with van der Waals surface area (Å²) >= 11 is 0. The minimum Gasteiger partial charge on any atom is -0.496 e. The summed E-state index contributed by atoms with van der Waals surface area (Å²) in [6, 6.07) is 22.6. The van der Waals surface area contributed by atoms with Crippen LogP contribution in [0.3, 0.4) is 0 Å². The molecule has 206 valence electrons. The second-order valence-corrected chi connectivity index (χ2v) is 9.50. The van der Waals surface area contributed by atoms with Gasteiger partial charge in [0.15, 0.2) is 0 Å². The van der Waals surface area contributed by atoms with Gasteiger partial charge in [-0.15, -0.1) is 0 Å². The maximum atomic E-state index is 13.3. The number of hydrogen-bond donors (Lipinski definition) is 3. The Balaban J connectivity index is 1.62. The number of hydrogen-bond acceptors (Lipinski definition) is 5. The number of rotatable bonds is 11. The highest BCUT2D eigenvalue weighted by molar-refractivity contribution is 6.06. The minimum absolute atomic E-state index is 0.236. The van der Waals surface area contributed by atoms with Gasteiger partial charge in [-0.2, -0.15) is 18.4 Å². The summed E-state index contributed by atoms with van der Waals surface area (Å²) in [5, 5.41) is 18.2. The molecule has 0 saturated heterocycles. The molecule has 0 radical (unpaired) electrons. The number of anilines is 2. The Morgan fingerprint density at radius 1 is 1.07 bits per heavy atom. The summed E-state index contributed by atoms with van der Waals surface area (Å²) in [6.07, 6.45) is -1.74. The van der Waals surface area contributed by atoms with Crippen LogP contribution >= 0.6 is 0 Å². The summed E-state index contributed by atoms with van der Waals surface area (Å²) in [4.78, 5) is 13.3. The molecule has 3 N–H and O–H groups in total. The Kier molecular flexibility index (Phi) is 8.92. The van der Waals surface area contributed by atoms with Crippen LogP contribution in [0.2, 0.25) is 0 Å². The fourth-order valence-electron chi connectivity index (χ4n) is 4.15. The van der Waals surface area contributed by atoms with E-state index in [1.807, 2.05) is 36.4 Å². The molecular weight excluding hydrogens is 517 g/mol. The van der Waals surface area contributed by atoms with Crippen LogP contribution in [0, 0.1) is 17.2 Å². The van der Waals surface area contributed by atoms with E-state index in [4.69, 9.17) is 10.00 Å². The molecule has 0 bridgehead atoms. The molecule has 1 amide bonds. The van der Waals surface area contributed by atoms with Crippen LogP contribution in [0.15, 0.2) is 96.7 Å². The number of carbonyl (C=O) groups is 1. The van der Waals surface area contributed by atoms with Crippen LogP contribution in [0.5, 0.6) is 5.75 Å². The van der Waals surface area contributed by atoms with E-state index in [-0.39, 0.29) is 23.0 Å². The van der Waals surface area contributed by atoms with Crippen molar-refractivity contribution in [3.63, 3.8) is 0 Å². The second-order valence-electron chi connectivity index (χ2n) is 9.50. The smallest absolute Gasteiger partial charge is 0.415 e. The first-order valence-corrected chi connectivity index (χ1v) is 12.7. The third kappa shape index (κ3) is 7.52. The number of para-hydroxylation sites is 1. The molecule has 0 heterocycles. The quantitative estimate of drug-likeness (QED) is 0.184. The summed E-state index contributed by atoms with van der Waals surface area (Å²) in [7, 11) is 1.61.